The van der Waals surface area contributed by atoms with E-state index in [2.05, 4.69) is 15.1 Å². The maximum absolute atomic E-state index is 14.3. The van der Waals surface area contributed by atoms with Crippen molar-refractivity contribution in [2.45, 2.75) is 45.2 Å². The fourth-order valence-corrected chi connectivity index (χ4v) is 5.22. The number of likely N-dealkylation sites (tertiary alicyclic amines) is 1. The average molecular weight is 571 g/mol. The average Bonchev–Trinajstić information content (AvgIpc) is 3.60. The zero-order valence-electron chi connectivity index (χ0n) is 22.2. The molecule has 0 aliphatic carbocycles. The van der Waals surface area contributed by atoms with Crippen LogP contribution >= 0.6 is 0 Å². The summed E-state index contributed by atoms with van der Waals surface area (Å²) >= 11 is 0. The molecular formula is C28H26F4N6O3. The van der Waals surface area contributed by atoms with Gasteiger partial charge in [-0.1, -0.05) is 6.92 Å². The molecule has 214 valence electrons. The number of carbonyl (C=O) groups excluding carboxylic acids is 1. The Morgan fingerprint density at radius 1 is 1.10 bits per heavy atom. The summed E-state index contributed by atoms with van der Waals surface area (Å²) in [6, 6.07) is 4.17. The molecule has 1 fully saturated rings. The standard InChI is InChI=1S/C28H26F4N6O3/c1-3-22(16-9-17(29)11-18(30)10-16)38-25(21-6-8-37(4-2)35-21)34-26(39)23(28(38)41)27(40)36-7-5-15(14-36)24-20(32)12-19(31)13-33-24/h6,8-13,15,22,39H,3-5,7,14H2,1-2H3. The van der Waals surface area contributed by atoms with Gasteiger partial charge in [0.25, 0.3) is 11.5 Å². The summed E-state index contributed by atoms with van der Waals surface area (Å²) < 4.78 is 58.8. The van der Waals surface area contributed by atoms with Crippen LogP contribution in [0.3, 0.4) is 0 Å². The highest BCUT2D eigenvalue weighted by Crippen LogP contribution is 2.32. The molecule has 1 aliphatic rings. The summed E-state index contributed by atoms with van der Waals surface area (Å²) in [5, 5.41) is 15.3. The van der Waals surface area contributed by atoms with Crippen LogP contribution < -0.4 is 5.56 Å². The predicted molar refractivity (Wildman–Crippen MR) is 139 cm³/mol. The van der Waals surface area contributed by atoms with E-state index in [0.29, 0.717) is 18.7 Å². The minimum Gasteiger partial charge on any atom is -0.493 e. The number of aryl methyl sites for hydroxylation is 1. The lowest BCUT2D eigenvalue weighted by Gasteiger charge is -2.24. The third-order valence-electron chi connectivity index (χ3n) is 7.17. The molecule has 41 heavy (non-hydrogen) atoms. The van der Waals surface area contributed by atoms with E-state index in [1.54, 1.807) is 23.9 Å². The van der Waals surface area contributed by atoms with Crippen molar-refractivity contribution in [3.05, 3.63) is 93.2 Å². The summed E-state index contributed by atoms with van der Waals surface area (Å²) in [6.07, 6.45) is 2.98. The molecule has 0 bridgehead atoms. The number of pyridine rings is 1. The van der Waals surface area contributed by atoms with Crippen molar-refractivity contribution < 1.29 is 27.5 Å². The third-order valence-corrected chi connectivity index (χ3v) is 7.17. The van der Waals surface area contributed by atoms with E-state index in [1.165, 1.54) is 4.90 Å². The number of hydrogen-bond acceptors (Lipinski definition) is 6. The number of aromatic nitrogens is 5. The summed E-state index contributed by atoms with van der Waals surface area (Å²) in [5.74, 6) is -5.73. The first-order valence-electron chi connectivity index (χ1n) is 13.1. The van der Waals surface area contributed by atoms with Crippen LogP contribution in [0.1, 0.15) is 60.3 Å². The molecule has 1 aliphatic heterocycles. The van der Waals surface area contributed by atoms with E-state index >= 15 is 0 Å². The monoisotopic (exact) mass is 570 g/mol. The Bertz CT molecular complexity index is 1670. The van der Waals surface area contributed by atoms with E-state index in [1.807, 2.05) is 6.92 Å². The molecule has 4 heterocycles. The van der Waals surface area contributed by atoms with Crippen LogP contribution in [-0.2, 0) is 6.54 Å². The second-order valence-corrected chi connectivity index (χ2v) is 9.75. The molecule has 1 saturated heterocycles. The van der Waals surface area contributed by atoms with E-state index in [0.717, 1.165) is 22.9 Å². The van der Waals surface area contributed by atoms with Gasteiger partial charge in [-0.3, -0.25) is 23.8 Å². The van der Waals surface area contributed by atoms with Gasteiger partial charge in [-0.15, -0.1) is 0 Å². The normalized spacial score (nSPS) is 15.9. The Labute approximate surface area is 231 Å². The van der Waals surface area contributed by atoms with E-state index < -0.39 is 58.1 Å². The van der Waals surface area contributed by atoms with Gasteiger partial charge >= 0.3 is 0 Å². The number of halogens is 4. The Kier molecular flexibility index (Phi) is 7.61. The van der Waals surface area contributed by atoms with Crippen molar-refractivity contribution in [1.82, 2.24) is 29.2 Å². The van der Waals surface area contributed by atoms with Gasteiger partial charge in [0.1, 0.15) is 29.0 Å². The number of amides is 1. The zero-order valence-corrected chi connectivity index (χ0v) is 22.2. The molecule has 5 rings (SSSR count). The Balaban J connectivity index is 1.60. The fraction of sp³-hybridized carbons (Fsp3) is 0.321. The Hall–Kier alpha value is -4.55. The molecule has 1 amide bonds. The van der Waals surface area contributed by atoms with Crippen molar-refractivity contribution in [2.75, 3.05) is 13.1 Å². The molecule has 2 atom stereocenters. The minimum atomic E-state index is -0.974. The number of hydrogen-bond donors (Lipinski definition) is 1. The van der Waals surface area contributed by atoms with Crippen LogP contribution in [0.25, 0.3) is 11.5 Å². The maximum atomic E-state index is 14.3. The number of benzene rings is 1. The van der Waals surface area contributed by atoms with Gasteiger partial charge in [0.2, 0.25) is 5.88 Å². The molecule has 1 N–H and O–H groups in total. The first kappa shape index (κ1) is 28.0. The maximum Gasteiger partial charge on any atom is 0.271 e. The van der Waals surface area contributed by atoms with Crippen molar-refractivity contribution in [2.24, 2.45) is 0 Å². The summed E-state index contributed by atoms with van der Waals surface area (Å²) in [5.41, 5.74) is -1.27. The number of nitrogens with zero attached hydrogens (tertiary/aromatic N) is 6. The molecule has 1 aromatic carbocycles. The Morgan fingerprint density at radius 2 is 1.83 bits per heavy atom. The lowest BCUT2D eigenvalue weighted by molar-refractivity contribution is 0.0783. The van der Waals surface area contributed by atoms with Gasteiger partial charge in [0, 0.05) is 43.9 Å². The van der Waals surface area contributed by atoms with Crippen molar-refractivity contribution in [1.29, 1.82) is 0 Å². The van der Waals surface area contributed by atoms with Gasteiger partial charge in [0.15, 0.2) is 11.4 Å². The van der Waals surface area contributed by atoms with Gasteiger partial charge in [-0.25, -0.2) is 17.6 Å². The molecule has 0 spiro atoms. The predicted octanol–water partition coefficient (Wildman–Crippen LogP) is 4.41. The second-order valence-electron chi connectivity index (χ2n) is 9.75. The fourth-order valence-electron chi connectivity index (χ4n) is 5.22. The highest BCUT2D eigenvalue weighted by molar-refractivity contribution is 5.96. The van der Waals surface area contributed by atoms with E-state index in [-0.39, 0.29) is 48.7 Å². The third kappa shape index (κ3) is 5.31. The number of rotatable bonds is 7. The molecule has 13 heteroatoms. The summed E-state index contributed by atoms with van der Waals surface area (Å²) in [6.45, 7) is 4.10. The molecular weight excluding hydrogens is 544 g/mol. The van der Waals surface area contributed by atoms with Gasteiger partial charge in [-0.2, -0.15) is 10.1 Å². The highest BCUT2D eigenvalue weighted by Gasteiger charge is 2.35. The van der Waals surface area contributed by atoms with Gasteiger partial charge in [0.05, 0.1) is 17.9 Å². The van der Waals surface area contributed by atoms with Crippen LogP contribution in [0.5, 0.6) is 5.88 Å². The van der Waals surface area contributed by atoms with Crippen molar-refractivity contribution >= 4 is 5.91 Å². The summed E-state index contributed by atoms with van der Waals surface area (Å²) in [4.78, 5) is 36.9. The molecule has 9 nitrogen and oxygen atoms in total. The number of carbonyl (C=O) groups is 1. The first-order chi connectivity index (χ1) is 19.6. The lowest BCUT2D eigenvalue weighted by Crippen LogP contribution is -2.38. The van der Waals surface area contributed by atoms with Crippen LogP contribution in [0.4, 0.5) is 17.6 Å². The molecule has 0 radical (unpaired) electrons. The van der Waals surface area contributed by atoms with Crippen LogP contribution in [0, 0.1) is 23.3 Å². The zero-order chi connectivity index (χ0) is 29.4. The van der Waals surface area contributed by atoms with Gasteiger partial charge in [-0.05, 0) is 43.5 Å². The van der Waals surface area contributed by atoms with Crippen molar-refractivity contribution in [3.8, 4) is 17.4 Å². The first-order valence-corrected chi connectivity index (χ1v) is 13.1. The van der Waals surface area contributed by atoms with Gasteiger partial charge < -0.3 is 10.0 Å². The molecule has 3 aromatic heterocycles. The quantitative estimate of drug-likeness (QED) is 0.330. The Morgan fingerprint density at radius 3 is 2.46 bits per heavy atom. The van der Waals surface area contributed by atoms with Crippen LogP contribution in [0.2, 0.25) is 0 Å². The van der Waals surface area contributed by atoms with Crippen LogP contribution in [0.15, 0.2) is 47.5 Å². The van der Waals surface area contributed by atoms with E-state index in [4.69, 9.17) is 0 Å². The number of aromatic hydroxyl groups is 1. The molecule has 4 aromatic rings. The summed E-state index contributed by atoms with van der Waals surface area (Å²) in [7, 11) is 0. The SMILES string of the molecule is CCC(c1cc(F)cc(F)c1)n1c(-c2ccn(CC)n2)nc(O)c(C(=O)N2CCC(c3ncc(F)cc3F)C2)c1=O. The van der Waals surface area contributed by atoms with E-state index in [9.17, 15) is 32.3 Å². The molecule has 2 unspecified atom stereocenters. The lowest BCUT2D eigenvalue weighted by atomic mass is 10.0. The van der Waals surface area contributed by atoms with Crippen molar-refractivity contribution in [3.63, 3.8) is 0 Å². The second kappa shape index (κ2) is 11.1. The molecule has 0 saturated carbocycles. The smallest absolute Gasteiger partial charge is 0.271 e. The topological polar surface area (TPSA) is 106 Å². The highest BCUT2D eigenvalue weighted by atomic mass is 19.1. The van der Waals surface area contributed by atoms with Crippen LogP contribution in [-0.4, -0.2) is 53.3 Å². The minimum absolute atomic E-state index is 0.0116. The largest absolute Gasteiger partial charge is 0.493 e.